The van der Waals surface area contributed by atoms with Gasteiger partial charge in [-0.25, -0.2) is 0 Å². The molecule has 1 saturated heterocycles. The number of nitrogens with zero attached hydrogens (tertiary/aromatic N) is 1. The monoisotopic (exact) mass is 219 g/mol. The Hall–Kier alpha value is -1.35. The highest BCUT2D eigenvalue weighted by Crippen LogP contribution is 2.24. The first-order valence-corrected chi connectivity index (χ1v) is 5.59. The minimum Gasteiger partial charge on any atom is -0.465 e. The number of ketones is 1. The van der Waals surface area contributed by atoms with Crippen LogP contribution < -0.4 is 0 Å². The van der Waals surface area contributed by atoms with E-state index in [2.05, 4.69) is 11.8 Å². The Morgan fingerprint density at radius 3 is 2.88 bits per heavy atom. The van der Waals surface area contributed by atoms with Crippen LogP contribution in [0.4, 0.5) is 0 Å². The Morgan fingerprint density at radius 2 is 2.25 bits per heavy atom. The first-order valence-electron chi connectivity index (χ1n) is 5.59. The minimum atomic E-state index is 0.0717. The molecule has 0 bridgehead atoms. The lowest BCUT2D eigenvalue weighted by atomic mass is 9.88. The molecule has 0 radical (unpaired) electrons. The van der Waals surface area contributed by atoms with E-state index in [-0.39, 0.29) is 17.7 Å². The number of likely N-dealkylation sites (tertiary alicyclic amines) is 1. The summed E-state index contributed by atoms with van der Waals surface area (Å²) in [6, 6.07) is 3.86. The molecule has 2 heterocycles. The number of hydrogen-bond acceptors (Lipinski definition) is 3. The predicted molar refractivity (Wildman–Crippen MR) is 62.9 cm³/mol. The summed E-state index contributed by atoms with van der Waals surface area (Å²) in [5, 5.41) is 0. The number of rotatable bonds is 1. The van der Waals surface area contributed by atoms with Crippen molar-refractivity contribution in [3.63, 3.8) is 0 Å². The third-order valence-electron chi connectivity index (χ3n) is 3.25. The Bertz CT molecular complexity index is 406. The van der Waals surface area contributed by atoms with E-state index in [0.29, 0.717) is 0 Å². The second kappa shape index (κ2) is 4.26. The van der Waals surface area contributed by atoms with Gasteiger partial charge in [0.15, 0.2) is 5.78 Å². The van der Waals surface area contributed by atoms with Gasteiger partial charge in [0.05, 0.1) is 6.26 Å². The normalized spacial score (nSPS) is 29.9. The van der Waals surface area contributed by atoms with Crippen LogP contribution in [0.15, 0.2) is 28.4 Å². The minimum absolute atomic E-state index is 0.0717. The quantitative estimate of drug-likeness (QED) is 0.679. The molecule has 1 aromatic heterocycles. The molecular formula is C13H17NO2. The molecule has 0 aromatic carbocycles. The number of likely N-dealkylation sites (N-methyl/N-ethyl adjacent to an activating group) is 1. The SMILES string of the molecule is C[C@@H]1C(=Cc2ccco2)C(=O)[C@@H](C)CN1C. The average molecular weight is 219 g/mol. The van der Waals surface area contributed by atoms with Crippen molar-refractivity contribution in [1.29, 1.82) is 0 Å². The molecule has 0 aliphatic carbocycles. The molecule has 1 aliphatic rings. The first-order chi connectivity index (χ1) is 7.59. The van der Waals surface area contributed by atoms with Gasteiger partial charge in [0.1, 0.15) is 5.76 Å². The van der Waals surface area contributed by atoms with Crippen LogP contribution in [0.5, 0.6) is 0 Å². The summed E-state index contributed by atoms with van der Waals surface area (Å²) < 4.78 is 5.26. The third kappa shape index (κ3) is 1.95. The maximum atomic E-state index is 12.1. The highest BCUT2D eigenvalue weighted by molar-refractivity contribution is 6.02. The number of carbonyl (C=O) groups is 1. The van der Waals surface area contributed by atoms with Crippen molar-refractivity contribution in [1.82, 2.24) is 4.90 Å². The molecule has 2 atom stereocenters. The Labute approximate surface area is 95.7 Å². The van der Waals surface area contributed by atoms with Crippen LogP contribution in [0, 0.1) is 5.92 Å². The van der Waals surface area contributed by atoms with Gasteiger partial charge >= 0.3 is 0 Å². The van der Waals surface area contributed by atoms with E-state index in [9.17, 15) is 4.79 Å². The second-order valence-electron chi connectivity index (χ2n) is 4.50. The predicted octanol–water partition coefficient (Wildman–Crippen LogP) is 2.20. The lowest BCUT2D eigenvalue weighted by Gasteiger charge is -2.34. The fraction of sp³-hybridized carbons (Fsp3) is 0.462. The van der Waals surface area contributed by atoms with Crippen LogP contribution in [-0.2, 0) is 4.79 Å². The number of carbonyl (C=O) groups excluding carboxylic acids is 1. The van der Waals surface area contributed by atoms with Gasteiger partial charge in [-0.15, -0.1) is 0 Å². The molecule has 0 saturated carbocycles. The zero-order chi connectivity index (χ0) is 11.7. The zero-order valence-electron chi connectivity index (χ0n) is 9.93. The van der Waals surface area contributed by atoms with E-state index in [4.69, 9.17) is 4.42 Å². The van der Waals surface area contributed by atoms with Gasteiger partial charge < -0.3 is 4.42 Å². The van der Waals surface area contributed by atoms with Crippen LogP contribution in [0.3, 0.4) is 0 Å². The summed E-state index contributed by atoms with van der Waals surface area (Å²) in [5.74, 6) is 1.06. The molecule has 16 heavy (non-hydrogen) atoms. The summed E-state index contributed by atoms with van der Waals surface area (Å²) in [7, 11) is 2.05. The standard InChI is InChI=1S/C13H17NO2/c1-9-8-14(3)10(2)12(13(9)15)7-11-5-4-6-16-11/h4-7,9-10H,8H2,1-3H3/t9-,10+/m0/s1. The van der Waals surface area contributed by atoms with Crippen LogP contribution in [0.1, 0.15) is 19.6 Å². The summed E-state index contributed by atoms with van der Waals surface area (Å²) in [5.41, 5.74) is 0.844. The van der Waals surface area contributed by atoms with Crippen LogP contribution in [0.2, 0.25) is 0 Å². The molecule has 0 amide bonds. The Morgan fingerprint density at radius 1 is 1.50 bits per heavy atom. The third-order valence-corrected chi connectivity index (χ3v) is 3.25. The smallest absolute Gasteiger partial charge is 0.164 e. The summed E-state index contributed by atoms with van der Waals surface area (Å²) in [4.78, 5) is 14.3. The number of hydrogen-bond donors (Lipinski definition) is 0. The molecule has 3 heteroatoms. The van der Waals surface area contributed by atoms with Gasteiger partial charge in [-0.05, 0) is 32.2 Å². The van der Waals surface area contributed by atoms with E-state index in [1.54, 1.807) is 6.26 Å². The highest BCUT2D eigenvalue weighted by Gasteiger charge is 2.31. The van der Waals surface area contributed by atoms with Crippen molar-refractivity contribution < 1.29 is 9.21 Å². The van der Waals surface area contributed by atoms with Crippen molar-refractivity contribution in [2.75, 3.05) is 13.6 Å². The lowest BCUT2D eigenvalue weighted by Crippen LogP contribution is -2.44. The van der Waals surface area contributed by atoms with Crippen molar-refractivity contribution >= 4 is 11.9 Å². The van der Waals surface area contributed by atoms with E-state index in [0.717, 1.165) is 17.9 Å². The lowest BCUT2D eigenvalue weighted by molar-refractivity contribution is -0.121. The van der Waals surface area contributed by atoms with Gasteiger partial charge in [-0.3, -0.25) is 9.69 Å². The van der Waals surface area contributed by atoms with Crippen LogP contribution in [0.25, 0.3) is 6.08 Å². The van der Waals surface area contributed by atoms with Gasteiger partial charge in [0.25, 0.3) is 0 Å². The molecule has 3 nitrogen and oxygen atoms in total. The second-order valence-corrected chi connectivity index (χ2v) is 4.50. The molecule has 0 spiro atoms. The van der Waals surface area contributed by atoms with Crippen molar-refractivity contribution in [3.05, 3.63) is 29.7 Å². The molecule has 0 unspecified atom stereocenters. The van der Waals surface area contributed by atoms with Crippen LogP contribution in [-0.4, -0.2) is 30.3 Å². The summed E-state index contributed by atoms with van der Waals surface area (Å²) >= 11 is 0. The fourth-order valence-electron chi connectivity index (χ4n) is 2.12. The molecule has 1 aromatic rings. The highest BCUT2D eigenvalue weighted by atomic mass is 16.3. The summed E-state index contributed by atoms with van der Waals surface area (Å²) in [6.07, 6.45) is 3.48. The maximum absolute atomic E-state index is 12.1. The van der Waals surface area contributed by atoms with Gasteiger partial charge in [0.2, 0.25) is 0 Å². The van der Waals surface area contributed by atoms with Crippen molar-refractivity contribution in [2.24, 2.45) is 5.92 Å². The Balaban J connectivity index is 2.33. The van der Waals surface area contributed by atoms with E-state index < -0.39 is 0 Å². The molecule has 1 aliphatic heterocycles. The van der Waals surface area contributed by atoms with Crippen LogP contribution >= 0.6 is 0 Å². The first kappa shape index (κ1) is 11.1. The van der Waals surface area contributed by atoms with Gasteiger partial charge in [-0.2, -0.15) is 0 Å². The topological polar surface area (TPSA) is 33.5 Å². The maximum Gasteiger partial charge on any atom is 0.164 e. The molecule has 2 rings (SSSR count). The van der Waals surface area contributed by atoms with Crippen molar-refractivity contribution in [3.8, 4) is 0 Å². The Kier molecular flexibility index (Phi) is 2.97. The average Bonchev–Trinajstić information content (AvgIpc) is 2.74. The number of piperidine rings is 1. The summed E-state index contributed by atoms with van der Waals surface area (Å²) in [6.45, 7) is 4.86. The molecule has 86 valence electrons. The number of Topliss-reactive ketones (excluding diaryl/α,β-unsaturated/α-hetero) is 1. The number of furan rings is 1. The van der Waals surface area contributed by atoms with E-state index >= 15 is 0 Å². The van der Waals surface area contributed by atoms with Gasteiger partial charge in [-0.1, -0.05) is 6.92 Å². The largest absolute Gasteiger partial charge is 0.465 e. The van der Waals surface area contributed by atoms with Crippen molar-refractivity contribution in [2.45, 2.75) is 19.9 Å². The van der Waals surface area contributed by atoms with Gasteiger partial charge in [0, 0.05) is 24.1 Å². The molecular weight excluding hydrogens is 202 g/mol. The van der Waals surface area contributed by atoms with E-state index in [1.807, 2.05) is 32.2 Å². The zero-order valence-corrected chi connectivity index (χ0v) is 9.93. The van der Waals surface area contributed by atoms with E-state index in [1.165, 1.54) is 0 Å². The molecule has 0 N–H and O–H groups in total. The molecule has 1 fully saturated rings. The fourth-order valence-corrected chi connectivity index (χ4v) is 2.12.